The molecule has 0 spiro atoms. The fraction of sp³-hybridized carbons (Fsp3) is 0.381. The highest BCUT2D eigenvalue weighted by Gasteiger charge is 2.49. The van der Waals surface area contributed by atoms with Crippen molar-refractivity contribution in [3.8, 4) is 5.75 Å². The van der Waals surface area contributed by atoms with Crippen molar-refractivity contribution in [1.82, 2.24) is 0 Å². The van der Waals surface area contributed by atoms with E-state index in [1.54, 1.807) is 24.3 Å². The quantitative estimate of drug-likeness (QED) is 0.671. The van der Waals surface area contributed by atoms with E-state index in [4.69, 9.17) is 18.9 Å². The van der Waals surface area contributed by atoms with Gasteiger partial charge in [0.2, 0.25) is 6.29 Å². The van der Waals surface area contributed by atoms with E-state index in [1.807, 2.05) is 24.3 Å². The second-order valence-electron chi connectivity index (χ2n) is 7.04. The summed E-state index contributed by atoms with van der Waals surface area (Å²) in [5.74, 6) is 0.356. The smallest absolute Gasteiger partial charge is 0.229 e. The number of carbonyl (C=O) groups is 1. The molecule has 0 saturated carbocycles. The van der Waals surface area contributed by atoms with E-state index < -0.39 is 37.0 Å². The van der Waals surface area contributed by atoms with Crippen LogP contribution < -0.4 is 4.74 Å². The number of aliphatic hydroxyl groups excluding tert-OH is 2. The second kappa shape index (κ2) is 8.51. The summed E-state index contributed by atoms with van der Waals surface area (Å²) in [5, 5.41) is 21.1. The van der Waals surface area contributed by atoms with Crippen molar-refractivity contribution in [2.24, 2.45) is 0 Å². The predicted octanol–water partition coefficient (Wildman–Crippen LogP) is 2.59. The summed E-state index contributed by atoms with van der Waals surface area (Å²) in [6, 6.07) is 14.0. The number of fused-ring (bicyclic) bond motifs is 1. The highest BCUT2D eigenvalue weighted by molar-refractivity contribution is 9.10. The molecule has 2 heterocycles. The Morgan fingerprint density at radius 2 is 1.86 bits per heavy atom. The van der Waals surface area contributed by atoms with Crippen LogP contribution in [0.25, 0.3) is 0 Å². The van der Waals surface area contributed by atoms with Crippen LogP contribution in [0.1, 0.15) is 29.1 Å². The molecule has 0 unspecified atom stereocenters. The molecule has 2 aliphatic heterocycles. The van der Waals surface area contributed by atoms with Gasteiger partial charge in [-0.05, 0) is 43.3 Å². The van der Waals surface area contributed by atoms with E-state index in [0.29, 0.717) is 11.3 Å². The maximum Gasteiger partial charge on any atom is 0.229 e. The van der Waals surface area contributed by atoms with Gasteiger partial charge in [-0.25, -0.2) is 0 Å². The van der Waals surface area contributed by atoms with E-state index in [-0.39, 0.29) is 12.4 Å². The molecule has 4 rings (SSSR count). The molecule has 0 amide bonds. The van der Waals surface area contributed by atoms with Gasteiger partial charge in [-0.15, -0.1) is 0 Å². The molecule has 2 fully saturated rings. The minimum Gasteiger partial charge on any atom is -0.462 e. The van der Waals surface area contributed by atoms with Crippen LogP contribution in [-0.4, -0.2) is 53.3 Å². The highest BCUT2D eigenvalue weighted by atomic mass is 79.9. The highest BCUT2D eigenvalue weighted by Crippen LogP contribution is 2.35. The number of hydrogen-bond donors (Lipinski definition) is 2. The summed E-state index contributed by atoms with van der Waals surface area (Å²) in [5.41, 5.74) is 1.35. The van der Waals surface area contributed by atoms with Gasteiger partial charge in [0.1, 0.15) is 30.2 Å². The number of ether oxygens (including phenoxy) is 4. The van der Waals surface area contributed by atoms with E-state index in [2.05, 4.69) is 15.9 Å². The van der Waals surface area contributed by atoms with Crippen molar-refractivity contribution < 1.29 is 34.0 Å². The first kappa shape index (κ1) is 20.5. The van der Waals surface area contributed by atoms with Crippen LogP contribution in [0, 0.1) is 0 Å². The van der Waals surface area contributed by atoms with Gasteiger partial charge < -0.3 is 29.2 Å². The van der Waals surface area contributed by atoms with Gasteiger partial charge in [0.25, 0.3) is 0 Å². The molecule has 0 aromatic heterocycles. The summed E-state index contributed by atoms with van der Waals surface area (Å²) in [7, 11) is 0. The number of carbonyl (C=O) groups excluding carboxylic acids is 1. The van der Waals surface area contributed by atoms with Crippen molar-refractivity contribution in [2.75, 3.05) is 6.61 Å². The Hall–Kier alpha value is -1.81. The zero-order valence-electron chi connectivity index (χ0n) is 15.6. The Labute approximate surface area is 176 Å². The van der Waals surface area contributed by atoms with Gasteiger partial charge in [0.05, 0.1) is 6.61 Å². The molecular weight excluding hydrogens is 444 g/mol. The lowest BCUT2D eigenvalue weighted by Gasteiger charge is -2.46. The minimum atomic E-state index is -1.31. The van der Waals surface area contributed by atoms with Gasteiger partial charge in [-0.2, -0.15) is 0 Å². The molecule has 0 bridgehead atoms. The summed E-state index contributed by atoms with van der Waals surface area (Å²) in [4.78, 5) is 11.4. The van der Waals surface area contributed by atoms with E-state index in [9.17, 15) is 15.0 Å². The van der Waals surface area contributed by atoms with Gasteiger partial charge in [-0.1, -0.05) is 28.1 Å². The molecule has 2 aliphatic rings. The third-order valence-electron chi connectivity index (χ3n) is 4.97. The minimum absolute atomic E-state index is 0.0553. The standard InChI is InChI=1S/C21H21BrO7/c1-11(23)12-5-7-15(8-6-12)27-21-18(25)17(24)19-16(28-21)10-26-20(29-19)13-3-2-4-14(22)9-13/h2-9,16-21,24-25H,10H2,1H3/t16-,17+,18-,19+,20+,21-/m1/s1. The van der Waals surface area contributed by atoms with E-state index in [1.165, 1.54) is 6.92 Å². The lowest BCUT2D eigenvalue weighted by atomic mass is 9.98. The number of ketones is 1. The first-order valence-electron chi connectivity index (χ1n) is 9.24. The number of benzene rings is 2. The lowest BCUT2D eigenvalue weighted by molar-refractivity contribution is -0.350. The van der Waals surface area contributed by atoms with Crippen molar-refractivity contribution in [2.45, 2.75) is 43.9 Å². The molecule has 0 aliphatic carbocycles. The molecule has 7 nitrogen and oxygen atoms in total. The van der Waals surface area contributed by atoms with Crippen LogP contribution in [0.2, 0.25) is 0 Å². The Morgan fingerprint density at radius 3 is 2.55 bits per heavy atom. The van der Waals surface area contributed by atoms with Crippen molar-refractivity contribution in [1.29, 1.82) is 0 Å². The molecule has 2 N–H and O–H groups in total. The number of aliphatic hydroxyl groups is 2. The molecule has 2 aromatic carbocycles. The van der Waals surface area contributed by atoms with E-state index in [0.717, 1.165) is 10.0 Å². The Morgan fingerprint density at radius 1 is 1.10 bits per heavy atom. The lowest BCUT2D eigenvalue weighted by Crippen LogP contribution is -2.62. The fourth-order valence-electron chi connectivity index (χ4n) is 3.40. The number of halogens is 1. The number of Topliss-reactive ketones (excluding diaryl/α,β-unsaturated/α-hetero) is 1. The van der Waals surface area contributed by atoms with E-state index >= 15 is 0 Å². The van der Waals surface area contributed by atoms with Crippen molar-refractivity contribution >= 4 is 21.7 Å². The zero-order chi connectivity index (χ0) is 20.5. The first-order chi connectivity index (χ1) is 13.9. The third kappa shape index (κ3) is 4.37. The number of rotatable bonds is 4. The average Bonchev–Trinajstić information content (AvgIpc) is 2.72. The zero-order valence-corrected chi connectivity index (χ0v) is 17.2. The first-order valence-corrected chi connectivity index (χ1v) is 10.0. The molecule has 2 aromatic rings. The van der Waals surface area contributed by atoms with Crippen LogP contribution in [0.5, 0.6) is 5.75 Å². The van der Waals surface area contributed by atoms with Crippen LogP contribution in [0.15, 0.2) is 53.0 Å². The van der Waals surface area contributed by atoms with Crippen molar-refractivity contribution in [3.63, 3.8) is 0 Å². The molecule has 8 heteroatoms. The third-order valence-corrected chi connectivity index (χ3v) is 5.46. The molecule has 6 atom stereocenters. The molecule has 0 radical (unpaired) electrons. The normalized spacial score (nSPS) is 31.7. The maximum absolute atomic E-state index is 11.4. The van der Waals surface area contributed by atoms with Crippen LogP contribution in [0.4, 0.5) is 0 Å². The predicted molar refractivity (Wildman–Crippen MR) is 105 cm³/mol. The van der Waals surface area contributed by atoms with Gasteiger partial charge in [0, 0.05) is 15.6 Å². The van der Waals surface area contributed by atoms with Crippen molar-refractivity contribution in [3.05, 3.63) is 64.1 Å². The summed E-state index contributed by atoms with van der Waals surface area (Å²) in [6.45, 7) is 1.65. The molecule has 154 valence electrons. The molecular formula is C21H21BrO7. The van der Waals surface area contributed by atoms with Crippen LogP contribution in [0.3, 0.4) is 0 Å². The molecule has 29 heavy (non-hydrogen) atoms. The van der Waals surface area contributed by atoms with Crippen LogP contribution >= 0.6 is 15.9 Å². The fourth-order valence-corrected chi connectivity index (χ4v) is 3.82. The summed E-state index contributed by atoms with van der Waals surface area (Å²) >= 11 is 3.41. The number of hydrogen-bond acceptors (Lipinski definition) is 7. The Balaban J connectivity index is 1.44. The largest absolute Gasteiger partial charge is 0.462 e. The maximum atomic E-state index is 11.4. The monoisotopic (exact) mass is 464 g/mol. The summed E-state index contributed by atoms with van der Waals surface area (Å²) < 4.78 is 24.0. The average molecular weight is 465 g/mol. The topological polar surface area (TPSA) is 94.5 Å². The SMILES string of the molecule is CC(=O)c1ccc(O[C@@H]2O[C@@H]3CO[C@H](c4cccc(Br)c4)O[C@@H]3[C@@H](O)[C@H]2O)cc1. The van der Waals surface area contributed by atoms with Gasteiger partial charge >= 0.3 is 0 Å². The summed E-state index contributed by atoms with van der Waals surface area (Å²) in [6.07, 6.45) is -5.65. The van der Waals surface area contributed by atoms with Gasteiger partial charge in [-0.3, -0.25) is 4.79 Å². The second-order valence-corrected chi connectivity index (χ2v) is 7.96. The Kier molecular flexibility index (Phi) is 6.00. The van der Waals surface area contributed by atoms with Crippen LogP contribution in [-0.2, 0) is 14.2 Å². The van der Waals surface area contributed by atoms with Gasteiger partial charge in [0.15, 0.2) is 12.1 Å². The Bertz CT molecular complexity index is 870. The molecule has 2 saturated heterocycles.